The first-order valence-corrected chi connectivity index (χ1v) is 15.0. The van der Waals surface area contributed by atoms with Crippen LogP contribution in [0.2, 0.25) is 25.7 Å². The standard InChI is InChI=1S/C23H33NO2SSi/c1-18-15-19(2)23(20(3)16-18)27(25,26)24-22(13-10-14-28(4,5)6)17-21-11-8-7-9-12-21/h7-13,15-16,22,24H,14,17H2,1-6H3/b13-10+/t22-/m1/s1. The highest BCUT2D eigenvalue weighted by molar-refractivity contribution is 7.89. The number of hydrogen-bond donors (Lipinski definition) is 1. The van der Waals surface area contributed by atoms with Gasteiger partial charge in [0, 0.05) is 14.1 Å². The van der Waals surface area contributed by atoms with Gasteiger partial charge in [-0.3, -0.25) is 0 Å². The molecule has 1 N–H and O–H groups in total. The van der Waals surface area contributed by atoms with E-state index in [1.165, 1.54) is 0 Å². The molecule has 0 fully saturated rings. The number of sulfonamides is 1. The summed E-state index contributed by atoms with van der Waals surface area (Å²) in [7, 11) is -4.84. The topological polar surface area (TPSA) is 46.2 Å². The van der Waals surface area contributed by atoms with E-state index < -0.39 is 18.1 Å². The molecule has 2 aromatic rings. The molecule has 152 valence electrons. The molecule has 28 heavy (non-hydrogen) atoms. The Bertz CT molecular complexity index is 906. The fraction of sp³-hybridized carbons (Fsp3) is 0.391. The van der Waals surface area contributed by atoms with Gasteiger partial charge >= 0.3 is 0 Å². The molecule has 0 saturated heterocycles. The molecule has 0 aromatic heterocycles. The van der Waals surface area contributed by atoms with Crippen LogP contribution in [-0.2, 0) is 16.4 Å². The molecule has 5 heteroatoms. The van der Waals surface area contributed by atoms with E-state index in [0.29, 0.717) is 11.3 Å². The van der Waals surface area contributed by atoms with Crippen molar-refractivity contribution in [1.29, 1.82) is 0 Å². The van der Waals surface area contributed by atoms with Crippen LogP contribution in [0.15, 0.2) is 59.5 Å². The number of hydrogen-bond acceptors (Lipinski definition) is 2. The van der Waals surface area contributed by atoms with Crippen LogP contribution in [0.1, 0.15) is 22.3 Å². The molecule has 0 aliphatic carbocycles. The summed E-state index contributed by atoms with van der Waals surface area (Å²) in [6.07, 6.45) is 4.81. The Balaban J connectivity index is 2.32. The Morgan fingerprint density at radius 2 is 1.57 bits per heavy atom. The van der Waals surface area contributed by atoms with Crippen molar-refractivity contribution in [1.82, 2.24) is 4.72 Å². The predicted octanol–water partition coefficient (Wildman–Crippen LogP) is 5.40. The Morgan fingerprint density at radius 3 is 2.11 bits per heavy atom. The lowest BCUT2D eigenvalue weighted by Crippen LogP contribution is -2.36. The molecular formula is C23H33NO2SSi. The molecule has 2 rings (SSSR count). The molecule has 0 radical (unpaired) electrons. The average Bonchev–Trinajstić information content (AvgIpc) is 2.52. The third kappa shape index (κ3) is 6.73. The number of nitrogens with one attached hydrogen (secondary N) is 1. The molecule has 0 saturated carbocycles. The maximum absolute atomic E-state index is 13.2. The van der Waals surface area contributed by atoms with Crippen molar-refractivity contribution >= 4 is 18.1 Å². The zero-order valence-electron chi connectivity index (χ0n) is 17.9. The lowest BCUT2D eigenvalue weighted by molar-refractivity contribution is 0.568. The SMILES string of the molecule is Cc1cc(C)c(S(=O)(=O)N[C@H](/C=C/C[Si](C)(C)C)Cc2ccccc2)c(C)c1. The third-order valence-corrected chi connectivity index (χ3v) is 7.83. The molecule has 0 amide bonds. The molecule has 2 aromatic carbocycles. The molecule has 0 aliphatic rings. The summed E-state index contributed by atoms with van der Waals surface area (Å²) in [6, 6.07) is 14.6. The largest absolute Gasteiger partial charge is 0.241 e. The maximum Gasteiger partial charge on any atom is 0.241 e. The number of benzene rings is 2. The van der Waals surface area contributed by atoms with E-state index in [1.54, 1.807) is 0 Å². The van der Waals surface area contributed by atoms with Crippen molar-refractivity contribution in [3.05, 3.63) is 76.9 Å². The first-order chi connectivity index (χ1) is 13.0. The van der Waals surface area contributed by atoms with Gasteiger partial charge in [-0.25, -0.2) is 13.1 Å². The average molecular weight is 416 g/mol. The smallest absolute Gasteiger partial charge is 0.207 e. The van der Waals surface area contributed by atoms with Crippen molar-refractivity contribution < 1.29 is 8.42 Å². The van der Waals surface area contributed by atoms with Gasteiger partial charge < -0.3 is 0 Å². The molecule has 3 nitrogen and oxygen atoms in total. The van der Waals surface area contributed by atoms with Crippen LogP contribution in [0.25, 0.3) is 0 Å². The van der Waals surface area contributed by atoms with Crippen LogP contribution in [0.4, 0.5) is 0 Å². The summed E-state index contributed by atoms with van der Waals surface area (Å²) in [4.78, 5) is 0.398. The van der Waals surface area contributed by atoms with Gasteiger partial charge in [0.05, 0.1) is 4.90 Å². The summed E-state index contributed by atoms with van der Waals surface area (Å²) in [5.74, 6) is 0. The first kappa shape index (κ1) is 22.6. The minimum atomic E-state index is -3.61. The fourth-order valence-corrected chi connectivity index (χ4v) is 5.94. The van der Waals surface area contributed by atoms with Crippen molar-refractivity contribution in [2.45, 2.75) is 63.8 Å². The summed E-state index contributed by atoms with van der Waals surface area (Å²) in [5.41, 5.74) is 3.76. The van der Waals surface area contributed by atoms with Crippen LogP contribution in [-0.4, -0.2) is 22.5 Å². The van der Waals surface area contributed by atoms with Gasteiger partial charge in [0.1, 0.15) is 0 Å². The second-order valence-electron chi connectivity index (χ2n) is 8.84. The Morgan fingerprint density at radius 1 is 1.00 bits per heavy atom. The minimum Gasteiger partial charge on any atom is -0.207 e. The summed E-state index contributed by atoms with van der Waals surface area (Å²) in [6.45, 7) is 12.6. The fourth-order valence-electron chi connectivity index (χ4n) is 3.45. The summed E-state index contributed by atoms with van der Waals surface area (Å²) >= 11 is 0. The van der Waals surface area contributed by atoms with Crippen LogP contribution in [0.5, 0.6) is 0 Å². The number of aryl methyl sites for hydroxylation is 3. The monoisotopic (exact) mass is 415 g/mol. The lowest BCUT2D eigenvalue weighted by Gasteiger charge is -2.19. The molecule has 0 spiro atoms. The second kappa shape index (κ2) is 9.20. The highest BCUT2D eigenvalue weighted by Gasteiger charge is 2.23. The van der Waals surface area contributed by atoms with Crippen LogP contribution in [0, 0.1) is 20.8 Å². The van der Waals surface area contributed by atoms with E-state index >= 15 is 0 Å². The van der Waals surface area contributed by atoms with Gasteiger partial charge in [0.15, 0.2) is 0 Å². The zero-order chi connectivity index (χ0) is 20.9. The third-order valence-electron chi connectivity index (χ3n) is 4.58. The van der Waals surface area contributed by atoms with Crippen molar-refractivity contribution in [2.24, 2.45) is 0 Å². The number of rotatable bonds is 8. The van der Waals surface area contributed by atoms with E-state index in [4.69, 9.17) is 0 Å². The quantitative estimate of drug-likeness (QED) is 0.464. The highest BCUT2D eigenvalue weighted by atomic mass is 32.2. The summed E-state index contributed by atoms with van der Waals surface area (Å²) < 4.78 is 29.4. The van der Waals surface area contributed by atoms with Gasteiger partial charge in [-0.05, 0) is 49.9 Å². The van der Waals surface area contributed by atoms with Gasteiger partial charge in [0.2, 0.25) is 10.0 Å². The molecule has 1 atom stereocenters. The van der Waals surface area contributed by atoms with Gasteiger partial charge in [-0.1, -0.05) is 79.8 Å². The zero-order valence-corrected chi connectivity index (χ0v) is 19.7. The molecule has 0 bridgehead atoms. The van der Waals surface area contributed by atoms with E-state index in [2.05, 4.69) is 30.4 Å². The molecule has 0 aliphatic heterocycles. The van der Waals surface area contributed by atoms with E-state index in [9.17, 15) is 8.42 Å². The minimum absolute atomic E-state index is 0.274. The molecule has 0 heterocycles. The van der Waals surface area contributed by atoms with Crippen molar-refractivity contribution in [3.8, 4) is 0 Å². The van der Waals surface area contributed by atoms with Gasteiger partial charge in [-0.15, -0.1) is 0 Å². The van der Waals surface area contributed by atoms with E-state index in [1.807, 2.05) is 69.3 Å². The van der Waals surface area contributed by atoms with Crippen LogP contribution < -0.4 is 4.72 Å². The Hall–Kier alpha value is -1.69. The Labute approximate surface area is 172 Å². The summed E-state index contributed by atoms with van der Waals surface area (Å²) in [5, 5.41) is 0. The second-order valence-corrected chi connectivity index (χ2v) is 16.0. The predicted molar refractivity (Wildman–Crippen MR) is 122 cm³/mol. The lowest BCUT2D eigenvalue weighted by atomic mass is 10.1. The molecule has 0 unspecified atom stereocenters. The molecular weight excluding hydrogens is 382 g/mol. The van der Waals surface area contributed by atoms with Crippen LogP contribution in [0.3, 0.4) is 0 Å². The van der Waals surface area contributed by atoms with Gasteiger partial charge in [0.25, 0.3) is 0 Å². The van der Waals surface area contributed by atoms with Crippen molar-refractivity contribution in [3.63, 3.8) is 0 Å². The number of allylic oxidation sites excluding steroid dienone is 1. The highest BCUT2D eigenvalue weighted by Crippen LogP contribution is 2.22. The van der Waals surface area contributed by atoms with Crippen LogP contribution >= 0.6 is 0 Å². The Kier molecular flexibility index (Phi) is 7.43. The van der Waals surface area contributed by atoms with Gasteiger partial charge in [-0.2, -0.15) is 0 Å². The normalized spacial score (nSPS) is 13.8. The van der Waals surface area contributed by atoms with Crippen molar-refractivity contribution in [2.75, 3.05) is 0 Å². The van der Waals surface area contributed by atoms with E-state index in [-0.39, 0.29) is 6.04 Å². The van der Waals surface area contributed by atoms with E-state index in [0.717, 1.165) is 28.3 Å². The first-order valence-electron chi connectivity index (χ1n) is 9.79. The maximum atomic E-state index is 13.2.